The van der Waals surface area contributed by atoms with Gasteiger partial charge < -0.3 is 10.2 Å². The Balaban J connectivity index is 1.51. The van der Waals surface area contributed by atoms with Gasteiger partial charge in [-0.3, -0.25) is 14.4 Å². The molecule has 3 aliphatic rings. The van der Waals surface area contributed by atoms with Crippen LogP contribution in [0.15, 0.2) is 97.2 Å². The number of amides is 1. The molecule has 1 saturated heterocycles. The van der Waals surface area contributed by atoms with Crippen LogP contribution in [0.2, 0.25) is 10.0 Å². The average molecular weight is 608 g/mol. The van der Waals surface area contributed by atoms with Gasteiger partial charge >= 0.3 is 0 Å². The van der Waals surface area contributed by atoms with Crippen LogP contribution in [-0.2, 0) is 16.6 Å². The second-order valence-corrected chi connectivity index (χ2v) is 12.2. The van der Waals surface area contributed by atoms with Crippen molar-refractivity contribution in [3.63, 3.8) is 0 Å². The van der Waals surface area contributed by atoms with E-state index in [1.165, 1.54) is 6.07 Å². The number of para-hydroxylation sites is 1. The summed E-state index contributed by atoms with van der Waals surface area (Å²) in [6.45, 7) is 2.11. The number of nitrogens with one attached hydrogen (secondary N) is 1. The SMILES string of the molecule is CCCc1ccc(C(=O)[C@H]2[C@H](C(=O)c3ccc(Cl)cc3Cl)N3C=Cc4ccccc4[C@@H]3[C@]23C(=O)Nc2ccccc23)cc1. The number of carbonyl (C=O) groups is 3. The Labute approximate surface area is 260 Å². The number of hydrogen-bond donors (Lipinski definition) is 1. The summed E-state index contributed by atoms with van der Waals surface area (Å²) >= 11 is 12.8. The summed E-state index contributed by atoms with van der Waals surface area (Å²) in [6, 6.07) is 26.0. The van der Waals surface area contributed by atoms with E-state index in [0.29, 0.717) is 21.8 Å². The quantitative estimate of drug-likeness (QED) is 0.226. The first-order chi connectivity index (χ1) is 20.9. The Morgan fingerprint density at radius 3 is 2.42 bits per heavy atom. The van der Waals surface area contributed by atoms with Crippen LogP contribution in [0.25, 0.3) is 6.08 Å². The molecule has 3 heterocycles. The topological polar surface area (TPSA) is 66.5 Å². The lowest BCUT2D eigenvalue weighted by atomic mass is 9.62. The van der Waals surface area contributed by atoms with Gasteiger partial charge in [-0.05, 0) is 59.0 Å². The molecule has 43 heavy (non-hydrogen) atoms. The van der Waals surface area contributed by atoms with E-state index < -0.39 is 23.4 Å². The van der Waals surface area contributed by atoms with Crippen molar-refractivity contribution in [3.05, 3.63) is 141 Å². The van der Waals surface area contributed by atoms with Crippen molar-refractivity contribution in [3.8, 4) is 0 Å². The third-order valence-corrected chi connectivity index (χ3v) is 9.64. The summed E-state index contributed by atoms with van der Waals surface area (Å²) in [5.41, 5.74) is 3.61. The molecule has 1 N–H and O–H groups in total. The van der Waals surface area contributed by atoms with Gasteiger partial charge in [0.2, 0.25) is 5.91 Å². The van der Waals surface area contributed by atoms with Crippen LogP contribution in [0.1, 0.15) is 62.4 Å². The first kappa shape index (κ1) is 27.6. The number of halogens is 2. The number of hydrogen-bond acceptors (Lipinski definition) is 4. The molecule has 4 atom stereocenters. The van der Waals surface area contributed by atoms with Crippen molar-refractivity contribution in [2.24, 2.45) is 5.92 Å². The van der Waals surface area contributed by atoms with Crippen molar-refractivity contribution in [2.45, 2.75) is 37.3 Å². The smallest absolute Gasteiger partial charge is 0.238 e. The minimum Gasteiger partial charge on any atom is -0.358 e. The lowest BCUT2D eigenvalue weighted by molar-refractivity contribution is -0.122. The van der Waals surface area contributed by atoms with Gasteiger partial charge in [-0.25, -0.2) is 0 Å². The Bertz CT molecular complexity index is 1830. The molecule has 0 saturated carbocycles. The van der Waals surface area contributed by atoms with E-state index in [1.807, 2.05) is 90.0 Å². The number of nitrogens with zero attached hydrogens (tertiary/aromatic N) is 1. The number of Topliss-reactive ketones (excluding diaryl/α,β-unsaturated/α-hetero) is 2. The summed E-state index contributed by atoms with van der Waals surface area (Å²) in [4.78, 5) is 46.1. The molecule has 1 amide bonds. The number of aryl methyl sites for hydroxylation is 1. The van der Waals surface area contributed by atoms with Crippen LogP contribution in [-0.4, -0.2) is 28.4 Å². The highest BCUT2D eigenvalue weighted by molar-refractivity contribution is 6.37. The van der Waals surface area contributed by atoms with Gasteiger partial charge in [0.1, 0.15) is 11.5 Å². The Hall–Kier alpha value is -4.19. The summed E-state index contributed by atoms with van der Waals surface area (Å²) in [7, 11) is 0. The first-order valence-corrected chi connectivity index (χ1v) is 15.2. The van der Waals surface area contributed by atoms with Crippen LogP contribution in [0.4, 0.5) is 5.69 Å². The van der Waals surface area contributed by atoms with Crippen LogP contribution >= 0.6 is 23.2 Å². The van der Waals surface area contributed by atoms with Crippen molar-refractivity contribution >= 4 is 52.4 Å². The molecule has 0 unspecified atom stereocenters. The predicted octanol–water partition coefficient (Wildman–Crippen LogP) is 7.93. The third kappa shape index (κ3) is 4.10. The largest absolute Gasteiger partial charge is 0.358 e. The predicted molar refractivity (Wildman–Crippen MR) is 170 cm³/mol. The highest BCUT2D eigenvalue weighted by atomic mass is 35.5. The molecular formula is C36H28Cl2N2O3. The van der Waals surface area contributed by atoms with Gasteiger partial charge in [-0.2, -0.15) is 0 Å². The monoisotopic (exact) mass is 606 g/mol. The fraction of sp³-hybridized carbons (Fsp3) is 0.194. The maximum absolute atomic E-state index is 14.9. The van der Waals surface area contributed by atoms with Crippen LogP contribution in [0.3, 0.4) is 0 Å². The molecule has 5 nitrogen and oxygen atoms in total. The molecule has 0 aromatic heterocycles. The van der Waals surface area contributed by atoms with Crippen molar-refractivity contribution in [2.75, 3.05) is 5.32 Å². The molecule has 0 bridgehead atoms. The molecule has 7 rings (SSSR count). The van der Waals surface area contributed by atoms with Crippen molar-refractivity contribution in [1.29, 1.82) is 0 Å². The normalized spacial score (nSPS) is 23.1. The number of carbonyl (C=O) groups excluding carboxylic acids is 3. The number of fused-ring (bicyclic) bond motifs is 6. The van der Waals surface area contributed by atoms with Crippen LogP contribution in [0, 0.1) is 5.92 Å². The van der Waals surface area contributed by atoms with Gasteiger partial charge in [-0.1, -0.05) is 103 Å². The van der Waals surface area contributed by atoms with Gasteiger partial charge in [0.15, 0.2) is 11.6 Å². The zero-order valence-electron chi connectivity index (χ0n) is 23.4. The maximum Gasteiger partial charge on any atom is 0.238 e. The van der Waals surface area contributed by atoms with E-state index in [2.05, 4.69) is 12.2 Å². The molecule has 0 aliphatic carbocycles. The molecule has 0 radical (unpaired) electrons. The number of anilines is 1. The summed E-state index contributed by atoms with van der Waals surface area (Å²) in [5, 5.41) is 3.68. The van der Waals surface area contributed by atoms with E-state index in [4.69, 9.17) is 23.2 Å². The number of benzene rings is 4. The molecular weight excluding hydrogens is 579 g/mol. The lowest BCUT2D eigenvalue weighted by Gasteiger charge is -2.38. The standard InChI is InChI=1S/C36H28Cl2N2O3/c1-2-7-21-12-14-23(15-13-21)32(41)30-31(33(42)26-17-16-24(37)20-28(26)38)40-19-18-22-8-3-4-9-25(22)34(40)36(30)27-10-5-6-11-29(27)39-35(36)43/h3-6,8-20,30-31,34H,2,7H2,1H3,(H,39,43)/t30-,31-,34-,36-/m1/s1. The van der Waals surface area contributed by atoms with Gasteiger partial charge in [0, 0.05) is 28.0 Å². The second kappa shape index (κ2) is 10.5. The van der Waals surface area contributed by atoms with Gasteiger partial charge in [0.05, 0.1) is 17.0 Å². The zero-order valence-corrected chi connectivity index (χ0v) is 24.9. The average Bonchev–Trinajstić information content (AvgIpc) is 3.49. The van der Waals surface area contributed by atoms with Gasteiger partial charge in [0.25, 0.3) is 0 Å². The molecule has 4 aromatic carbocycles. The Morgan fingerprint density at radius 1 is 0.907 bits per heavy atom. The summed E-state index contributed by atoms with van der Waals surface area (Å²) < 4.78 is 0. The highest BCUT2D eigenvalue weighted by Crippen LogP contribution is 2.62. The van der Waals surface area contributed by atoms with E-state index >= 15 is 0 Å². The maximum atomic E-state index is 14.9. The second-order valence-electron chi connectivity index (χ2n) is 11.4. The van der Waals surface area contributed by atoms with Crippen LogP contribution < -0.4 is 5.32 Å². The number of rotatable bonds is 6. The molecule has 7 heteroatoms. The van der Waals surface area contributed by atoms with E-state index in [0.717, 1.165) is 29.5 Å². The van der Waals surface area contributed by atoms with E-state index in [9.17, 15) is 14.4 Å². The minimum atomic E-state index is -1.39. The van der Waals surface area contributed by atoms with E-state index in [1.54, 1.807) is 12.1 Å². The van der Waals surface area contributed by atoms with Crippen molar-refractivity contribution in [1.82, 2.24) is 4.90 Å². The zero-order chi connectivity index (χ0) is 29.9. The Kier molecular flexibility index (Phi) is 6.76. The summed E-state index contributed by atoms with van der Waals surface area (Å²) in [6.07, 6.45) is 5.67. The minimum absolute atomic E-state index is 0.197. The number of ketones is 2. The third-order valence-electron chi connectivity index (χ3n) is 9.10. The van der Waals surface area contributed by atoms with Crippen LogP contribution in [0.5, 0.6) is 0 Å². The Morgan fingerprint density at radius 2 is 1.65 bits per heavy atom. The summed E-state index contributed by atoms with van der Waals surface area (Å²) in [5.74, 6) is -1.97. The fourth-order valence-electron chi connectivity index (χ4n) is 7.32. The van der Waals surface area contributed by atoms with E-state index in [-0.39, 0.29) is 28.1 Å². The van der Waals surface area contributed by atoms with Crippen molar-refractivity contribution < 1.29 is 14.4 Å². The molecule has 3 aliphatic heterocycles. The molecule has 1 fully saturated rings. The molecule has 214 valence electrons. The van der Waals surface area contributed by atoms with Gasteiger partial charge in [-0.15, -0.1) is 0 Å². The lowest BCUT2D eigenvalue weighted by Crippen LogP contribution is -2.49. The molecule has 1 spiro atoms. The molecule has 4 aromatic rings. The fourth-order valence-corrected chi connectivity index (χ4v) is 7.82. The highest BCUT2D eigenvalue weighted by Gasteiger charge is 2.70. The first-order valence-electron chi connectivity index (χ1n) is 14.4.